The van der Waals surface area contributed by atoms with Crippen molar-refractivity contribution in [3.05, 3.63) is 30.1 Å². The Labute approximate surface area is 189 Å². The van der Waals surface area contributed by atoms with Gasteiger partial charge >= 0.3 is 5.97 Å². The molecule has 6 nitrogen and oxygen atoms in total. The summed E-state index contributed by atoms with van der Waals surface area (Å²) < 4.78 is 13.2. The Morgan fingerprint density at radius 3 is 2.19 bits per heavy atom. The fourth-order valence-corrected chi connectivity index (χ4v) is 7.17. The van der Waals surface area contributed by atoms with Gasteiger partial charge in [-0.2, -0.15) is 0 Å². The summed E-state index contributed by atoms with van der Waals surface area (Å²) in [5.41, 5.74) is -0.174. The molecular formula is C25H34FN3O3. The number of halogens is 1. The van der Waals surface area contributed by atoms with E-state index in [0.29, 0.717) is 18.8 Å². The number of carboxylic acid groups (broad SMARTS) is 1. The molecule has 32 heavy (non-hydrogen) atoms. The molecule has 6 rings (SSSR count). The second-order valence-electron chi connectivity index (χ2n) is 11.1. The number of hydrogen-bond donors (Lipinski definition) is 2. The van der Waals surface area contributed by atoms with Gasteiger partial charge in [0.1, 0.15) is 5.82 Å². The van der Waals surface area contributed by atoms with Gasteiger partial charge in [-0.15, -0.1) is 0 Å². The van der Waals surface area contributed by atoms with Gasteiger partial charge in [0.15, 0.2) is 0 Å². The second kappa shape index (κ2) is 7.72. The molecule has 4 bridgehead atoms. The van der Waals surface area contributed by atoms with Crippen LogP contribution in [0.15, 0.2) is 24.3 Å². The van der Waals surface area contributed by atoms with Gasteiger partial charge in [0.05, 0.1) is 11.0 Å². The maximum absolute atomic E-state index is 13.4. The molecule has 1 amide bonds. The summed E-state index contributed by atoms with van der Waals surface area (Å²) >= 11 is 0. The lowest BCUT2D eigenvalue weighted by Crippen LogP contribution is -2.66. The summed E-state index contributed by atoms with van der Waals surface area (Å²) in [5, 5.41) is 13.2. The number of carbonyl (C=O) groups excluding carboxylic acids is 1. The zero-order valence-corrected chi connectivity index (χ0v) is 19.0. The lowest BCUT2D eigenvalue weighted by Gasteiger charge is -2.58. The minimum atomic E-state index is -0.638. The Hall–Kier alpha value is -2.15. The first-order chi connectivity index (χ1) is 15.2. The molecule has 2 unspecified atom stereocenters. The van der Waals surface area contributed by atoms with Crippen LogP contribution in [0.25, 0.3) is 0 Å². The molecule has 0 spiro atoms. The third kappa shape index (κ3) is 3.58. The quantitative estimate of drug-likeness (QED) is 0.732. The fraction of sp³-hybridized carbons (Fsp3) is 0.680. The van der Waals surface area contributed by atoms with Crippen LogP contribution >= 0.6 is 0 Å². The molecule has 5 fully saturated rings. The van der Waals surface area contributed by atoms with Crippen LogP contribution in [0.4, 0.5) is 10.1 Å². The topological polar surface area (TPSA) is 72.9 Å². The third-order valence-electron chi connectivity index (χ3n) is 8.84. The summed E-state index contributed by atoms with van der Waals surface area (Å²) in [5.74, 6) is 0.254. The molecule has 0 radical (unpaired) electrons. The smallest absolute Gasteiger partial charge is 0.309 e. The maximum atomic E-state index is 13.4. The van der Waals surface area contributed by atoms with E-state index in [4.69, 9.17) is 0 Å². The van der Waals surface area contributed by atoms with E-state index in [2.05, 4.69) is 15.1 Å². The molecule has 1 saturated heterocycles. The van der Waals surface area contributed by atoms with Gasteiger partial charge in [-0.3, -0.25) is 14.5 Å². The predicted octanol–water partition coefficient (Wildman–Crippen LogP) is 3.12. The molecule has 1 aromatic rings. The van der Waals surface area contributed by atoms with Crippen molar-refractivity contribution in [2.45, 2.75) is 57.5 Å². The summed E-state index contributed by atoms with van der Waals surface area (Å²) in [6, 6.07) is 6.68. The van der Waals surface area contributed by atoms with E-state index >= 15 is 0 Å². The SMILES string of the molecule is CC(C)(C(=O)NC1C2CC3CC1CC(C(=O)O)(C3)C2)N1CCN(c2ccc(F)cc2)CC1. The van der Waals surface area contributed by atoms with E-state index in [1.165, 1.54) is 12.1 Å². The summed E-state index contributed by atoms with van der Waals surface area (Å²) in [6.45, 7) is 7.09. The van der Waals surface area contributed by atoms with Gasteiger partial charge < -0.3 is 15.3 Å². The van der Waals surface area contributed by atoms with E-state index in [0.717, 1.165) is 51.1 Å². The number of rotatable bonds is 5. The summed E-state index contributed by atoms with van der Waals surface area (Å²) in [6.07, 6.45) is 4.33. The Morgan fingerprint density at radius 2 is 1.62 bits per heavy atom. The van der Waals surface area contributed by atoms with Crippen LogP contribution in [0.1, 0.15) is 46.0 Å². The zero-order valence-electron chi connectivity index (χ0n) is 19.0. The lowest BCUT2D eigenvalue weighted by molar-refractivity contribution is -0.168. The van der Waals surface area contributed by atoms with Gasteiger partial charge in [0, 0.05) is 37.9 Å². The zero-order chi connectivity index (χ0) is 22.7. The Kier molecular flexibility index (Phi) is 5.23. The molecule has 2 atom stereocenters. The van der Waals surface area contributed by atoms with Gasteiger partial charge in [-0.05, 0) is 88.0 Å². The van der Waals surface area contributed by atoms with Gasteiger partial charge in [-0.25, -0.2) is 4.39 Å². The number of aliphatic carboxylic acids is 1. The molecule has 1 aliphatic heterocycles. The number of amides is 1. The van der Waals surface area contributed by atoms with Crippen LogP contribution in [-0.2, 0) is 9.59 Å². The van der Waals surface area contributed by atoms with Crippen LogP contribution in [-0.4, -0.2) is 59.6 Å². The number of benzene rings is 1. The Bertz CT molecular complexity index is 878. The highest BCUT2D eigenvalue weighted by atomic mass is 19.1. The molecule has 1 aromatic carbocycles. The van der Waals surface area contributed by atoms with Crippen molar-refractivity contribution >= 4 is 17.6 Å². The average Bonchev–Trinajstić information content (AvgIpc) is 2.76. The fourth-order valence-electron chi connectivity index (χ4n) is 7.17. The highest BCUT2D eigenvalue weighted by Crippen LogP contribution is 2.60. The third-order valence-corrected chi connectivity index (χ3v) is 8.84. The molecule has 4 aliphatic carbocycles. The number of anilines is 1. The van der Waals surface area contributed by atoms with Crippen LogP contribution in [0.2, 0.25) is 0 Å². The highest BCUT2D eigenvalue weighted by molar-refractivity contribution is 5.86. The van der Waals surface area contributed by atoms with Crippen LogP contribution in [0, 0.1) is 29.0 Å². The van der Waals surface area contributed by atoms with Crippen molar-refractivity contribution < 1.29 is 19.1 Å². The number of carbonyl (C=O) groups is 2. The number of carboxylic acids is 1. The van der Waals surface area contributed by atoms with Crippen molar-refractivity contribution in [1.29, 1.82) is 0 Å². The first-order valence-corrected chi connectivity index (χ1v) is 12.0. The molecular weight excluding hydrogens is 409 g/mol. The maximum Gasteiger partial charge on any atom is 0.309 e. The first-order valence-electron chi connectivity index (χ1n) is 12.0. The van der Waals surface area contributed by atoms with E-state index in [9.17, 15) is 19.1 Å². The minimum Gasteiger partial charge on any atom is -0.481 e. The second-order valence-corrected chi connectivity index (χ2v) is 11.1. The highest BCUT2D eigenvalue weighted by Gasteiger charge is 2.59. The average molecular weight is 444 g/mol. The van der Waals surface area contributed by atoms with Gasteiger partial charge in [0.2, 0.25) is 5.91 Å². The molecule has 174 valence electrons. The standard InChI is InChI=1S/C25H34FN3O3/c1-24(2,29-9-7-28(8-10-29)20-5-3-19(26)4-6-20)22(30)27-21-17-11-16-12-18(21)15-25(13-16,14-17)23(31)32/h3-6,16-18,21H,7-15H2,1-2H3,(H,27,30)(H,31,32). The molecule has 7 heteroatoms. The van der Waals surface area contributed by atoms with Gasteiger partial charge in [-0.1, -0.05) is 0 Å². The van der Waals surface area contributed by atoms with Gasteiger partial charge in [0.25, 0.3) is 0 Å². The van der Waals surface area contributed by atoms with Crippen LogP contribution in [0.3, 0.4) is 0 Å². The number of piperazine rings is 1. The predicted molar refractivity (Wildman–Crippen MR) is 120 cm³/mol. The summed E-state index contributed by atoms with van der Waals surface area (Å²) in [4.78, 5) is 29.9. The Balaban J connectivity index is 1.21. The van der Waals surface area contributed by atoms with E-state index < -0.39 is 16.9 Å². The molecule has 1 heterocycles. The molecule has 4 saturated carbocycles. The number of nitrogens with one attached hydrogen (secondary N) is 1. The molecule has 2 N–H and O–H groups in total. The first kappa shape index (κ1) is 21.7. The summed E-state index contributed by atoms with van der Waals surface area (Å²) in [7, 11) is 0. The van der Waals surface area contributed by atoms with Crippen LogP contribution < -0.4 is 10.2 Å². The van der Waals surface area contributed by atoms with Crippen molar-refractivity contribution in [1.82, 2.24) is 10.2 Å². The number of nitrogens with zero attached hydrogens (tertiary/aromatic N) is 2. The number of hydrogen-bond acceptors (Lipinski definition) is 4. The van der Waals surface area contributed by atoms with E-state index in [1.54, 1.807) is 12.1 Å². The lowest BCUT2D eigenvalue weighted by atomic mass is 9.48. The minimum absolute atomic E-state index is 0.0505. The van der Waals surface area contributed by atoms with Crippen molar-refractivity contribution in [3.63, 3.8) is 0 Å². The van der Waals surface area contributed by atoms with E-state index in [-0.39, 0.29) is 29.6 Å². The normalized spacial score (nSPS) is 34.5. The van der Waals surface area contributed by atoms with Crippen molar-refractivity contribution in [2.24, 2.45) is 23.2 Å². The molecule has 5 aliphatic rings. The van der Waals surface area contributed by atoms with Crippen molar-refractivity contribution in [2.75, 3.05) is 31.1 Å². The van der Waals surface area contributed by atoms with Crippen LogP contribution in [0.5, 0.6) is 0 Å². The Morgan fingerprint density at radius 1 is 1.03 bits per heavy atom. The molecule has 0 aromatic heterocycles. The monoisotopic (exact) mass is 443 g/mol. The van der Waals surface area contributed by atoms with Crippen molar-refractivity contribution in [3.8, 4) is 0 Å². The van der Waals surface area contributed by atoms with E-state index in [1.807, 2.05) is 13.8 Å². The largest absolute Gasteiger partial charge is 0.481 e.